The minimum Gasteiger partial charge on any atom is -0.410 e. The van der Waals surface area contributed by atoms with Crippen molar-refractivity contribution in [1.29, 1.82) is 0 Å². The van der Waals surface area contributed by atoms with Crippen molar-refractivity contribution in [2.24, 2.45) is 34.5 Å². The van der Waals surface area contributed by atoms with Crippen LogP contribution in [0.3, 0.4) is 0 Å². The van der Waals surface area contributed by atoms with E-state index in [0.29, 0.717) is 22.7 Å². The normalized spacial score (nSPS) is 34.5. The molecule has 4 aromatic rings. The maximum absolute atomic E-state index is 6.95. The third kappa shape index (κ3) is 7.58. The van der Waals surface area contributed by atoms with E-state index in [1.165, 1.54) is 96.9 Å². The van der Waals surface area contributed by atoms with Crippen LogP contribution in [0.5, 0.6) is 0 Å². The summed E-state index contributed by atoms with van der Waals surface area (Å²) in [6.07, 6.45) is 15.5. The largest absolute Gasteiger partial charge is 0.410 e. The summed E-state index contributed by atoms with van der Waals surface area (Å²) >= 11 is 0. The smallest absolute Gasteiger partial charge is 0.192 e. The van der Waals surface area contributed by atoms with Crippen molar-refractivity contribution in [1.82, 2.24) is 0 Å². The van der Waals surface area contributed by atoms with Gasteiger partial charge in [0.2, 0.25) is 0 Å². The van der Waals surface area contributed by atoms with Gasteiger partial charge in [-0.2, -0.15) is 0 Å². The Hall–Kier alpha value is -2.77. The van der Waals surface area contributed by atoms with Gasteiger partial charge < -0.3 is 8.85 Å². The number of rotatable bonds is 4. The molecule has 0 amide bonds. The summed E-state index contributed by atoms with van der Waals surface area (Å²) in [6, 6.07) is 27.7. The highest BCUT2D eigenvalue weighted by atomic mass is 28.4. The molecule has 0 spiro atoms. The predicted octanol–water partition coefficient (Wildman–Crippen LogP) is 17.6. The van der Waals surface area contributed by atoms with Crippen molar-refractivity contribution in [3.63, 3.8) is 0 Å². The zero-order valence-corrected chi connectivity index (χ0v) is 46.1. The third-order valence-corrected chi connectivity index (χ3v) is 30.4. The molecule has 356 valence electrons. The van der Waals surface area contributed by atoms with Crippen molar-refractivity contribution < 1.29 is 8.85 Å². The van der Waals surface area contributed by atoms with Gasteiger partial charge in [-0.25, -0.2) is 0 Å². The van der Waals surface area contributed by atoms with Crippen molar-refractivity contribution in [3.05, 3.63) is 119 Å². The first kappa shape index (κ1) is 48.3. The summed E-state index contributed by atoms with van der Waals surface area (Å²) in [5.74, 6) is 2.65. The van der Waals surface area contributed by atoms with E-state index in [2.05, 4.69) is 168 Å². The Kier molecular flexibility index (Phi) is 12.0. The molecular formula is C62H88O2Si2. The molecule has 6 aliphatic carbocycles. The van der Waals surface area contributed by atoms with Crippen LogP contribution in [-0.2, 0) is 32.5 Å². The van der Waals surface area contributed by atoms with E-state index in [1.54, 1.807) is 22.3 Å². The van der Waals surface area contributed by atoms with Gasteiger partial charge in [-0.1, -0.05) is 155 Å². The summed E-state index contributed by atoms with van der Waals surface area (Å²) in [5.41, 5.74) is 10.6. The van der Waals surface area contributed by atoms with Gasteiger partial charge in [0.05, 0.1) is 12.2 Å². The minimum atomic E-state index is -1.80. The summed E-state index contributed by atoms with van der Waals surface area (Å²) in [4.78, 5) is 0. The molecule has 0 N–H and O–H groups in total. The van der Waals surface area contributed by atoms with Crippen LogP contribution in [0.1, 0.15) is 156 Å². The van der Waals surface area contributed by atoms with Crippen molar-refractivity contribution in [2.45, 2.75) is 206 Å². The van der Waals surface area contributed by atoms with E-state index in [1.807, 2.05) is 0 Å². The number of benzene rings is 4. The average molecular weight is 922 g/mol. The van der Waals surface area contributed by atoms with Gasteiger partial charge in [-0.05, 0) is 214 Å². The SMILES string of the molecule is C=C1[C@H](O[Si](C)(C)C(C)(C)C)CC[C@]2(C)[C@H]3CCc4c(ccc5ccccc45)[C@]3(C)CC[C@@H]12.C=C1[C@H](O[Si](C)(C)C(C)(C)C)CC[C@]2(C)[C@H]3CCc4c(ccc5ccccc45)[C@]3(C)CC[C@@H]12. The maximum Gasteiger partial charge on any atom is 0.192 e. The minimum absolute atomic E-state index is 0.245. The molecule has 0 unspecified atom stereocenters. The van der Waals surface area contributed by atoms with Crippen LogP contribution >= 0.6 is 0 Å². The molecule has 0 aromatic heterocycles. The van der Waals surface area contributed by atoms with E-state index in [0.717, 1.165) is 24.7 Å². The summed E-state index contributed by atoms with van der Waals surface area (Å²) in [5, 5.41) is 6.25. The van der Waals surface area contributed by atoms with Gasteiger partial charge in [0.25, 0.3) is 0 Å². The fourth-order valence-corrected chi connectivity index (χ4v) is 18.3. The molecule has 0 bridgehead atoms. The molecule has 0 heterocycles. The quantitative estimate of drug-likeness (QED) is 0.150. The van der Waals surface area contributed by atoms with Gasteiger partial charge in [0, 0.05) is 0 Å². The number of hydrogen-bond donors (Lipinski definition) is 0. The van der Waals surface area contributed by atoms with Gasteiger partial charge in [-0.15, -0.1) is 0 Å². The highest BCUT2D eigenvalue weighted by molar-refractivity contribution is 6.74. The lowest BCUT2D eigenvalue weighted by molar-refractivity contribution is -0.0511. The van der Waals surface area contributed by atoms with E-state index in [9.17, 15) is 0 Å². The Labute approximate surface area is 404 Å². The Morgan fingerprint density at radius 1 is 0.485 bits per heavy atom. The predicted molar refractivity (Wildman–Crippen MR) is 289 cm³/mol. The lowest BCUT2D eigenvalue weighted by Crippen LogP contribution is -2.57. The molecule has 4 fully saturated rings. The summed E-state index contributed by atoms with van der Waals surface area (Å²) in [6.45, 7) is 43.6. The molecule has 2 nitrogen and oxygen atoms in total. The first-order valence-corrected chi connectivity index (χ1v) is 32.3. The molecule has 10 atom stereocenters. The zero-order chi connectivity index (χ0) is 47.6. The van der Waals surface area contributed by atoms with Gasteiger partial charge in [-0.3, -0.25) is 0 Å². The summed E-state index contributed by atoms with van der Waals surface area (Å²) < 4.78 is 13.9. The Morgan fingerprint density at radius 2 is 0.848 bits per heavy atom. The molecule has 6 aliphatic rings. The van der Waals surface area contributed by atoms with Crippen LogP contribution in [0.15, 0.2) is 97.1 Å². The van der Waals surface area contributed by atoms with Crippen LogP contribution in [0.4, 0.5) is 0 Å². The fraction of sp³-hybridized carbons (Fsp3) is 0.613. The zero-order valence-electron chi connectivity index (χ0n) is 44.1. The van der Waals surface area contributed by atoms with Crippen molar-refractivity contribution >= 4 is 38.2 Å². The summed E-state index contributed by atoms with van der Waals surface area (Å²) in [7, 11) is -3.60. The molecule has 0 radical (unpaired) electrons. The Morgan fingerprint density at radius 3 is 1.21 bits per heavy atom. The maximum atomic E-state index is 6.95. The molecule has 0 aliphatic heterocycles. The Bertz CT molecular complexity index is 2360. The lowest BCUT2D eigenvalue weighted by Gasteiger charge is -2.62. The van der Waals surface area contributed by atoms with Crippen molar-refractivity contribution in [2.75, 3.05) is 0 Å². The highest BCUT2D eigenvalue weighted by Crippen LogP contribution is 2.67. The monoisotopic (exact) mass is 921 g/mol. The van der Waals surface area contributed by atoms with Gasteiger partial charge in [0.15, 0.2) is 16.6 Å². The molecular weight excluding hydrogens is 833 g/mol. The van der Waals surface area contributed by atoms with E-state index < -0.39 is 16.6 Å². The van der Waals surface area contributed by atoms with E-state index >= 15 is 0 Å². The second-order valence-electron chi connectivity index (χ2n) is 26.8. The third-order valence-electron chi connectivity index (χ3n) is 21.4. The van der Waals surface area contributed by atoms with Crippen LogP contribution in [-0.4, -0.2) is 28.8 Å². The second-order valence-corrected chi connectivity index (χ2v) is 36.3. The first-order chi connectivity index (χ1) is 30.8. The Balaban J connectivity index is 0.000000166. The fourth-order valence-electron chi connectivity index (χ4n) is 15.6. The topological polar surface area (TPSA) is 18.5 Å². The lowest BCUT2D eigenvalue weighted by atomic mass is 9.43. The average Bonchev–Trinajstić information content (AvgIpc) is 3.24. The standard InChI is InChI=1S/2C31H44OSi/c2*1-21-25-17-19-31(6)26-15-13-22-11-9-10-12-23(22)24(26)14-16-28(31)30(25,5)20-18-27(21)32-33(7,8)29(2,3)4/h2*9-13,15,25,27-28H,1,14,16-20H2,2-8H3/t2*25-,27+,28+,30-,31-/m00/s1. The van der Waals surface area contributed by atoms with E-state index in [4.69, 9.17) is 22.0 Å². The molecule has 0 saturated heterocycles. The first-order valence-electron chi connectivity index (χ1n) is 26.5. The van der Waals surface area contributed by atoms with Crippen LogP contribution in [0, 0.1) is 34.5 Å². The number of fused-ring (bicyclic) bond motifs is 14. The van der Waals surface area contributed by atoms with Crippen molar-refractivity contribution in [3.8, 4) is 0 Å². The van der Waals surface area contributed by atoms with Crippen LogP contribution < -0.4 is 0 Å². The van der Waals surface area contributed by atoms with Gasteiger partial charge >= 0.3 is 0 Å². The molecule has 4 heteroatoms. The molecule has 4 aromatic carbocycles. The van der Waals surface area contributed by atoms with Crippen LogP contribution in [0.25, 0.3) is 21.5 Å². The van der Waals surface area contributed by atoms with E-state index in [-0.39, 0.29) is 33.1 Å². The highest BCUT2D eigenvalue weighted by Gasteiger charge is 2.60. The number of hydrogen-bond acceptors (Lipinski definition) is 2. The molecule has 66 heavy (non-hydrogen) atoms. The second kappa shape index (κ2) is 16.4. The van der Waals surface area contributed by atoms with Gasteiger partial charge in [0.1, 0.15) is 0 Å². The molecule has 10 rings (SSSR count). The number of aryl methyl sites for hydroxylation is 2. The van der Waals surface area contributed by atoms with Crippen LogP contribution in [0.2, 0.25) is 36.3 Å². The molecule has 4 saturated carbocycles.